The zero-order valence-electron chi connectivity index (χ0n) is 8.33. The minimum absolute atomic E-state index is 0.344. The summed E-state index contributed by atoms with van der Waals surface area (Å²) in [6.45, 7) is 5.31. The molecule has 13 heavy (non-hydrogen) atoms. The topological polar surface area (TPSA) is 40.5 Å². The maximum Gasteiger partial charge on any atom is 0.303 e. The van der Waals surface area contributed by atoms with Crippen molar-refractivity contribution in [2.75, 3.05) is 19.6 Å². The number of hydrogen-bond donors (Lipinski definition) is 1. The first-order chi connectivity index (χ1) is 6.22. The van der Waals surface area contributed by atoms with Gasteiger partial charge in [0.25, 0.3) is 0 Å². The molecule has 1 rings (SSSR count). The van der Waals surface area contributed by atoms with E-state index in [4.69, 9.17) is 5.11 Å². The van der Waals surface area contributed by atoms with Crippen LogP contribution in [-0.4, -0.2) is 35.6 Å². The molecule has 0 aromatic rings. The van der Waals surface area contributed by atoms with E-state index in [2.05, 4.69) is 11.8 Å². The molecule has 0 aromatic heterocycles. The van der Waals surface area contributed by atoms with Gasteiger partial charge in [0.15, 0.2) is 0 Å². The van der Waals surface area contributed by atoms with Gasteiger partial charge < -0.3 is 10.0 Å². The molecule has 1 fully saturated rings. The molecule has 3 heteroatoms. The van der Waals surface area contributed by atoms with Crippen molar-refractivity contribution in [1.82, 2.24) is 4.90 Å². The number of hydrogen-bond acceptors (Lipinski definition) is 2. The van der Waals surface area contributed by atoms with Crippen molar-refractivity contribution in [2.45, 2.75) is 32.6 Å². The van der Waals surface area contributed by atoms with E-state index in [-0.39, 0.29) is 0 Å². The third-order valence-corrected chi connectivity index (χ3v) is 2.76. The molecule has 76 valence electrons. The molecular weight excluding hydrogens is 166 g/mol. The number of carbonyl (C=O) groups is 1. The van der Waals surface area contributed by atoms with E-state index in [9.17, 15) is 4.79 Å². The third-order valence-electron chi connectivity index (χ3n) is 2.76. The SMILES string of the molecule is CCN1CCCCC(CC(=O)O)C1. The van der Waals surface area contributed by atoms with Gasteiger partial charge >= 0.3 is 5.97 Å². The smallest absolute Gasteiger partial charge is 0.303 e. The first kappa shape index (κ1) is 10.5. The molecule has 1 unspecified atom stereocenters. The van der Waals surface area contributed by atoms with Crippen LogP contribution in [0.15, 0.2) is 0 Å². The second-order valence-electron chi connectivity index (χ2n) is 3.85. The zero-order chi connectivity index (χ0) is 9.68. The number of likely N-dealkylation sites (tertiary alicyclic amines) is 1. The van der Waals surface area contributed by atoms with Crippen LogP contribution in [0.1, 0.15) is 32.6 Å². The van der Waals surface area contributed by atoms with Crippen molar-refractivity contribution in [1.29, 1.82) is 0 Å². The Kier molecular flexibility index (Phi) is 4.22. The van der Waals surface area contributed by atoms with Gasteiger partial charge in [-0.15, -0.1) is 0 Å². The standard InChI is InChI=1S/C10H19NO2/c1-2-11-6-4-3-5-9(8-11)7-10(12)13/h9H,2-8H2,1H3,(H,12,13). The van der Waals surface area contributed by atoms with E-state index in [1.165, 1.54) is 12.8 Å². The highest BCUT2D eigenvalue weighted by molar-refractivity contribution is 5.67. The molecule has 1 N–H and O–H groups in total. The van der Waals surface area contributed by atoms with Crippen LogP contribution in [0.5, 0.6) is 0 Å². The van der Waals surface area contributed by atoms with E-state index < -0.39 is 5.97 Å². The lowest BCUT2D eigenvalue weighted by atomic mass is 10.00. The number of rotatable bonds is 3. The summed E-state index contributed by atoms with van der Waals surface area (Å²) in [5.41, 5.74) is 0. The molecule has 0 amide bonds. The summed E-state index contributed by atoms with van der Waals surface area (Å²) in [5.74, 6) is -0.275. The van der Waals surface area contributed by atoms with E-state index in [0.717, 1.165) is 26.1 Å². The second-order valence-corrected chi connectivity index (χ2v) is 3.85. The molecule has 0 aromatic carbocycles. The Labute approximate surface area is 79.7 Å². The van der Waals surface area contributed by atoms with Gasteiger partial charge in [-0.1, -0.05) is 13.3 Å². The number of carboxylic acids is 1. The molecule has 1 saturated heterocycles. The van der Waals surface area contributed by atoms with Crippen LogP contribution >= 0.6 is 0 Å². The molecule has 3 nitrogen and oxygen atoms in total. The van der Waals surface area contributed by atoms with Crippen molar-refractivity contribution in [3.8, 4) is 0 Å². The molecule has 1 atom stereocenters. The van der Waals surface area contributed by atoms with E-state index >= 15 is 0 Å². The average Bonchev–Trinajstić information content (AvgIpc) is 2.28. The summed E-state index contributed by atoms with van der Waals surface area (Å²) in [5, 5.41) is 8.70. The summed E-state index contributed by atoms with van der Waals surface area (Å²) >= 11 is 0. The minimum Gasteiger partial charge on any atom is -0.481 e. The van der Waals surface area contributed by atoms with Crippen LogP contribution in [0.4, 0.5) is 0 Å². The molecule has 1 aliphatic heterocycles. The highest BCUT2D eigenvalue weighted by Crippen LogP contribution is 2.18. The fourth-order valence-electron chi connectivity index (χ4n) is 2.02. The first-order valence-electron chi connectivity index (χ1n) is 5.16. The van der Waals surface area contributed by atoms with Gasteiger partial charge in [-0.3, -0.25) is 4.79 Å². The maximum atomic E-state index is 10.6. The van der Waals surface area contributed by atoms with Crippen LogP contribution in [-0.2, 0) is 4.79 Å². The van der Waals surface area contributed by atoms with E-state index in [1.54, 1.807) is 0 Å². The Morgan fingerprint density at radius 3 is 2.92 bits per heavy atom. The quantitative estimate of drug-likeness (QED) is 0.725. The molecular formula is C10H19NO2. The zero-order valence-corrected chi connectivity index (χ0v) is 8.33. The van der Waals surface area contributed by atoms with Gasteiger partial charge in [0.1, 0.15) is 0 Å². The van der Waals surface area contributed by atoms with E-state index in [0.29, 0.717) is 12.3 Å². The molecule has 0 radical (unpaired) electrons. The number of carboxylic acid groups (broad SMARTS) is 1. The van der Waals surface area contributed by atoms with Crippen molar-refractivity contribution in [3.05, 3.63) is 0 Å². The highest BCUT2D eigenvalue weighted by Gasteiger charge is 2.19. The molecule has 0 spiro atoms. The van der Waals surface area contributed by atoms with Gasteiger partial charge in [-0.05, 0) is 31.8 Å². The predicted molar refractivity (Wildman–Crippen MR) is 51.7 cm³/mol. The van der Waals surface area contributed by atoms with Crippen LogP contribution < -0.4 is 0 Å². The first-order valence-corrected chi connectivity index (χ1v) is 5.16. The fourth-order valence-corrected chi connectivity index (χ4v) is 2.02. The maximum absolute atomic E-state index is 10.6. The number of nitrogens with zero attached hydrogens (tertiary/aromatic N) is 1. The molecule has 0 saturated carbocycles. The highest BCUT2D eigenvalue weighted by atomic mass is 16.4. The van der Waals surface area contributed by atoms with Gasteiger partial charge in [0, 0.05) is 13.0 Å². The summed E-state index contributed by atoms with van der Waals surface area (Å²) in [6.07, 6.45) is 3.84. The van der Waals surface area contributed by atoms with Crippen LogP contribution in [0, 0.1) is 5.92 Å². The lowest BCUT2D eigenvalue weighted by molar-refractivity contribution is -0.138. The molecule has 1 heterocycles. The van der Waals surface area contributed by atoms with Crippen LogP contribution in [0.25, 0.3) is 0 Å². The Bertz CT molecular complexity index is 170. The van der Waals surface area contributed by atoms with E-state index in [1.807, 2.05) is 0 Å². The molecule has 0 aliphatic carbocycles. The molecule has 0 bridgehead atoms. The van der Waals surface area contributed by atoms with Crippen LogP contribution in [0.3, 0.4) is 0 Å². The van der Waals surface area contributed by atoms with Gasteiger partial charge in [0.2, 0.25) is 0 Å². The van der Waals surface area contributed by atoms with Crippen molar-refractivity contribution >= 4 is 5.97 Å². The Hall–Kier alpha value is -0.570. The number of aliphatic carboxylic acids is 1. The summed E-state index contributed by atoms with van der Waals surface area (Å²) in [6, 6.07) is 0. The lowest BCUT2D eigenvalue weighted by Gasteiger charge is -2.21. The summed E-state index contributed by atoms with van der Waals surface area (Å²) < 4.78 is 0. The average molecular weight is 185 g/mol. The minimum atomic E-state index is -0.650. The van der Waals surface area contributed by atoms with Crippen molar-refractivity contribution in [3.63, 3.8) is 0 Å². The Balaban J connectivity index is 2.39. The Morgan fingerprint density at radius 2 is 2.31 bits per heavy atom. The van der Waals surface area contributed by atoms with Crippen molar-refractivity contribution < 1.29 is 9.90 Å². The van der Waals surface area contributed by atoms with Crippen molar-refractivity contribution in [2.24, 2.45) is 5.92 Å². The summed E-state index contributed by atoms with van der Waals surface area (Å²) in [7, 11) is 0. The second kappa shape index (κ2) is 5.22. The van der Waals surface area contributed by atoms with Gasteiger partial charge in [0.05, 0.1) is 0 Å². The van der Waals surface area contributed by atoms with Crippen LogP contribution in [0.2, 0.25) is 0 Å². The predicted octanol–water partition coefficient (Wildman–Crippen LogP) is 1.58. The summed E-state index contributed by atoms with van der Waals surface area (Å²) in [4.78, 5) is 12.9. The lowest BCUT2D eigenvalue weighted by Crippen LogP contribution is -2.29. The van der Waals surface area contributed by atoms with Gasteiger partial charge in [-0.25, -0.2) is 0 Å². The fraction of sp³-hybridized carbons (Fsp3) is 0.900. The third kappa shape index (κ3) is 3.77. The monoisotopic (exact) mass is 185 g/mol. The largest absolute Gasteiger partial charge is 0.481 e. The molecule has 1 aliphatic rings. The van der Waals surface area contributed by atoms with Gasteiger partial charge in [-0.2, -0.15) is 0 Å². The Morgan fingerprint density at radius 1 is 1.54 bits per heavy atom. The normalized spacial score (nSPS) is 25.5.